The number of carbonyl (C=O) groups excluding carboxylic acids is 1. The average Bonchev–Trinajstić information content (AvgIpc) is 2.57. The standard InChI is InChI=1S/C19H25N3O2/c1-13(2)16-7-5-6-14(3)18(16)22-19(23)15-8-9-20-17(12-15)21-10-11-24-4/h5-9,12-13H,10-11H2,1-4H3,(H,20,21)(H,22,23). The van der Waals surface area contributed by atoms with E-state index in [1.165, 1.54) is 0 Å². The summed E-state index contributed by atoms with van der Waals surface area (Å²) in [6.45, 7) is 7.47. The second-order valence-electron chi connectivity index (χ2n) is 6.00. The first-order valence-corrected chi connectivity index (χ1v) is 8.12. The van der Waals surface area contributed by atoms with E-state index in [1.54, 1.807) is 25.4 Å². The number of hydrogen-bond acceptors (Lipinski definition) is 4. The molecule has 0 saturated heterocycles. The first-order chi connectivity index (χ1) is 11.5. The van der Waals surface area contributed by atoms with Crippen LogP contribution in [0.1, 0.15) is 41.3 Å². The summed E-state index contributed by atoms with van der Waals surface area (Å²) >= 11 is 0. The number of aromatic nitrogens is 1. The lowest BCUT2D eigenvalue weighted by Crippen LogP contribution is -2.16. The fourth-order valence-electron chi connectivity index (χ4n) is 2.48. The Bertz CT molecular complexity index is 699. The van der Waals surface area contributed by atoms with Gasteiger partial charge in [-0.05, 0) is 36.1 Å². The molecule has 2 aromatic rings. The molecule has 1 aromatic carbocycles. The highest BCUT2D eigenvalue weighted by atomic mass is 16.5. The monoisotopic (exact) mass is 327 g/mol. The molecule has 2 rings (SSSR count). The predicted molar refractivity (Wildman–Crippen MR) is 97.8 cm³/mol. The summed E-state index contributed by atoms with van der Waals surface area (Å²) < 4.78 is 5.00. The molecule has 0 aliphatic heterocycles. The molecule has 0 radical (unpaired) electrons. The van der Waals surface area contributed by atoms with Crippen molar-refractivity contribution in [1.29, 1.82) is 0 Å². The Labute approximate surface area is 143 Å². The molecule has 5 heteroatoms. The predicted octanol–water partition coefficient (Wildman–Crippen LogP) is 3.82. The van der Waals surface area contributed by atoms with Crippen LogP contribution >= 0.6 is 0 Å². The van der Waals surface area contributed by atoms with Gasteiger partial charge in [-0.3, -0.25) is 4.79 Å². The van der Waals surface area contributed by atoms with Gasteiger partial charge in [-0.1, -0.05) is 32.0 Å². The number of carbonyl (C=O) groups is 1. The molecule has 0 fully saturated rings. The van der Waals surface area contributed by atoms with Gasteiger partial charge in [0.25, 0.3) is 5.91 Å². The van der Waals surface area contributed by atoms with Gasteiger partial charge < -0.3 is 15.4 Å². The van der Waals surface area contributed by atoms with Crippen molar-refractivity contribution in [2.24, 2.45) is 0 Å². The van der Waals surface area contributed by atoms with Crippen LogP contribution in [-0.4, -0.2) is 31.2 Å². The average molecular weight is 327 g/mol. The summed E-state index contributed by atoms with van der Waals surface area (Å²) in [5.74, 6) is 0.862. The molecule has 1 amide bonds. The van der Waals surface area contributed by atoms with Crippen molar-refractivity contribution in [3.05, 3.63) is 53.2 Å². The van der Waals surface area contributed by atoms with Crippen molar-refractivity contribution in [2.45, 2.75) is 26.7 Å². The van der Waals surface area contributed by atoms with E-state index in [0.717, 1.165) is 16.8 Å². The Balaban J connectivity index is 2.17. The molecule has 0 saturated carbocycles. The normalized spacial score (nSPS) is 10.7. The van der Waals surface area contributed by atoms with Crippen LogP contribution in [0.5, 0.6) is 0 Å². The number of pyridine rings is 1. The van der Waals surface area contributed by atoms with E-state index < -0.39 is 0 Å². The van der Waals surface area contributed by atoms with E-state index in [1.807, 2.05) is 19.1 Å². The largest absolute Gasteiger partial charge is 0.383 e. The zero-order valence-corrected chi connectivity index (χ0v) is 14.7. The highest BCUT2D eigenvalue weighted by Crippen LogP contribution is 2.27. The Hall–Kier alpha value is -2.40. The molecule has 128 valence electrons. The summed E-state index contributed by atoms with van der Waals surface area (Å²) in [4.78, 5) is 16.8. The molecule has 0 bridgehead atoms. The molecule has 1 heterocycles. The number of nitrogens with zero attached hydrogens (tertiary/aromatic N) is 1. The number of anilines is 2. The van der Waals surface area contributed by atoms with Crippen LogP contribution in [0, 0.1) is 6.92 Å². The van der Waals surface area contributed by atoms with Crippen LogP contribution in [0.3, 0.4) is 0 Å². The van der Waals surface area contributed by atoms with E-state index >= 15 is 0 Å². The molecule has 0 aliphatic carbocycles. The first-order valence-electron chi connectivity index (χ1n) is 8.12. The lowest BCUT2D eigenvalue weighted by atomic mass is 9.98. The molecule has 0 aliphatic rings. The van der Waals surface area contributed by atoms with Crippen LogP contribution in [0.25, 0.3) is 0 Å². The quantitative estimate of drug-likeness (QED) is 0.759. The van der Waals surface area contributed by atoms with Crippen LogP contribution in [0.2, 0.25) is 0 Å². The van der Waals surface area contributed by atoms with Crippen molar-refractivity contribution < 1.29 is 9.53 Å². The maximum absolute atomic E-state index is 12.6. The molecule has 1 aromatic heterocycles. The number of ether oxygens (including phenoxy) is 1. The van der Waals surface area contributed by atoms with Crippen LogP contribution in [-0.2, 0) is 4.74 Å². The lowest BCUT2D eigenvalue weighted by Gasteiger charge is -2.16. The van der Waals surface area contributed by atoms with Crippen molar-refractivity contribution in [1.82, 2.24) is 4.98 Å². The molecular weight excluding hydrogens is 302 g/mol. The number of benzene rings is 1. The van der Waals surface area contributed by atoms with Gasteiger partial charge in [-0.2, -0.15) is 0 Å². The maximum atomic E-state index is 12.6. The number of para-hydroxylation sites is 1. The zero-order valence-electron chi connectivity index (χ0n) is 14.7. The highest BCUT2D eigenvalue weighted by molar-refractivity contribution is 6.05. The highest BCUT2D eigenvalue weighted by Gasteiger charge is 2.13. The van der Waals surface area contributed by atoms with Crippen LogP contribution in [0.15, 0.2) is 36.5 Å². The van der Waals surface area contributed by atoms with Gasteiger partial charge in [-0.25, -0.2) is 4.98 Å². The van der Waals surface area contributed by atoms with Gasteiger partial charge in [0.2, 0.25) is 0 Å². The van der Waals surface area contributed by atoms with E-state index in [9.17, 15) is 4.79 Å². The van der Waals surface area contributed by atoms with E-state index in [2.05, 4.69) is 35.5 Å². The topological polar surface area (TPSA) is 63.2 Å². The minimum absolute atomic E-state index is 0.136. The zero-order chi connectivity index (χ0) is 17.5. The Morgan fingerprint density at radius 1 is 1.29 bits per heavy atom. The molecule has 5 nitrogen and oxygen atoms in total. The van der Waals surface area contributed by atoms with Crippen molar-refractivity contribution in [2.75, 3.05) is 30.9 Å². The number of hydrogen-bond donors (Lipinski definition) is 2. The molecule has 0 atom stereocenters. The number of methoxy groups -OCH3 is 1. The van der Waals surface area contributed by atoms with E-state index in [0.29, 0.717) is 30.5 Å². The van der Waals surface area contributed by atoms with Crippen molar-refractivity contribution >= 4 is 17.4 Å². The van der Waals surface area contributed by atoms with Crippen molar-refractivity contribution in [3.63, 3.8) is 0 Å². The van der Waals surface area contributed by atoms with Gasteiger partial charge in [0, 0.05) is 31.1 Å². The van der Waals surface area contributed by atoms with Gasteiger partial charge >= 0.3 is 0 Å². The van der Waals surface area contributed by atoms with Gasteiger partial charge in [-0.15, -0.1) is 0 Å². The molecule has 0 unspecified atom stereocenters. The molecule has 0 spiro atoms. The SMILES string of the molecule is COCCNc1cc(C(=O)Nc2c(C)cccc2C(C)C)ccn1. The minimum atomic E-state index is -0.136. The third kappa shape index (κ3) is 4.55. The maximum Gasteiger partial charge on any atom is 0.255 e. The van der Waals surface area contributed by atoms with E-state index in [4.69, 9.17) is 4.74 Å². The molecule has 24 heavy (non-hydrogen) atoms. The summed E-state index contributed by atoms with van der Waals surface area (Å²) in [5.41, 5.74) is 3.66. The second-order valence-corrected chi connectivity index (χ2v) is 6.00. The summed E-state index contributed by atoms with van der Waals surface area (Å²) in [6, 6.07) is 9.54. The van der Waals surface area contributed by atoms with Gasteiger partial charge in [0.1, 0.15) is 5.82 Å². The summed E-state index contributed by atoms with van der Waals surface area (Å²) in [6.07, 6.45) is 1.63. The first kappa shape index (κ1) is 17.9. The molecule has 2 N–H and O–H groups in total. The smallest absolute Gasteiger partial charge is 0.255 e. The fraction of sp³-hybridized carbons (Fsp3) is 0.368. The Morgan fingerprint density at radius 2 is 2.08 bits per heavy atom. The number of nitrogens with one attached hydrogen (secondary N) is 2. The Morgan fingerprint density at radius 3 is 2.79 bits per heavy atom. The van der Waals surface area contributed by atoms with Crippen LogP contribution < -0.4 is 10.6 Å². The third-order valence-corrected chi connectivity index (χ3v) is 3.80. The summed E-state index contributed by atoms with van der Waals surface area (Å²) in [5, 5.41) is 6.18. The van der Waals surface area contributed by atoms with Gasteiger partial charge in [0.15, 0.2) is 0 Å². The fourth-order valence-corrected chi connectivity index (χ4v) is 2.48. The number of amides is 1. The minimum Gasteiger partial charge on any atom is -0.383 e. The van der Waals surface area contributed by atoms with E-state index in [-0.39, 0.29) is 5.91 Å². The molecular formula is C19H25N3O2. The second kappa shape index (κ2) is 8.45. The van der Waals surface area contributed by atoms with Gasteiger partial charge in [0.05, 0.1) is 6.61 Å². The number of rotatable bonds is 7. The van der Waals surface area contributed by atoms with Crippen LogP contribution in [0.4, 0.5) is 11.5 Å². The summed E-state index contributed by atoms with van der Waals surface area (Å²) in [7, 11) is 1.65. The number of aryl methyl sites for hydroxylation is 1. The lowest BCUT2D eigenvalue weighted by molar-refractivity contribution is 0.102. The van der Waals surface area contributed by atoms with Crippen molar-refractivity contribution in [3.8, 4) is 0 Å². The third-order valence-electron chi connectivity index (χ3n) is 3.80. The Kier molecular flexibility index (Phi) is 6.32.